The van der Waals surface area contributed by atoms with Crippen molar-refractivity contribution in [2.45, 2.75) is 259 Å². The number of fused-ring (bicyclic) bond motifs is 4. The summed E-state index contributed by atoms with van der Waals surface area (Å²) >= 11 is 0. The highest BCUT2D eigenvalue weighted by molar-refractivity contribution is 5.97. The van der Waals surface area contributed by atoms with E-state index >= 15 is 17.6 Å². The molecule has 0 saturated carbocycles. The topological polar surface area (TPSA) is 361 Å². The molecule has 14 atom stereocenters. The molecule has 10 aliphatic rings. The Morgan fingerprint density at radius 3 is 0.653 bits per heavy atom. The lowest BCUT2D eigenvalue weighted by Gasteiger charge is -2.40. The largest absolute Gasteiger partial charge is 0.497 e. The van der Waals surface area contributed by atoms with Crippen LogP contribution in [0.5, 0.6) is 23.0 Å². The zero-order valence-electron chi connectivity index (χ0n) is 86.3. The quantitative estimate of drug-likeness (QED) is 0.0515. The van der Waals surface area contributed by atoms with Crippen LogP contribution < -0.4 is 59.8 Å². The number of hydrogen-bond acceptors (Lipinski definition) is 34. The van der Waals surface area contributed by atoms with E-state index < -0.39 is 23.3 Å². The minimum Gasteiger partial charge on any atom is -0.497 e. The van der Waals surface area contributed by atoms with Crippen LogP contribution in [-0.2, 0) is 28.4 Å². The fourth-order valence-electron chi connectivity index (χ4n) is 21.5. The number of aromatic nitrogens is 12. The minimum atomic E-state index is -0.410. The number of nitrogens with zero attached hydrogens (tertiary/aromatic N) is 16. The first-order chi connectivity index (χ1) is 69.5. The van der Waals surface area contributed by atoms with Gasteiger partial charge in [-0.15, -0.1) is 0 Å². The summed E-state index contributed by atoms with van der Waals surface area (Å²) in [4.78, 5) is 46.2. The van der Waals surface area contributed by atoms with Gasteiger partial charge in [-0.3, -0.25) is 0 Å². The van der Waals surface area contributed by atoms with Crippen LogP contribution in [0.15, 0.2) is 66.6 Å². The van der Waals surface area contributed by atoms with E-state index in [0.29, 0.717) is 185 Å². The number of halogens is 4. The predicted octanol–water partition coefficient (Wildman–Crippen LogP) is 17.2. The lowest BCUT2D eigenvalue weighted by molar-refractivity contribution is 0.185. The molecular weight excluding hydrogens is 1850 g/mol. The van der Waals surface area contributed by atoms with Crippen LogP contribution in [0.1, 0.15) is 177 Å². The molecule has 22 rings (SSSR count). The van der Waals surface area contributed by atoms with Gasteiger partial charge in [0.15, 0.2) is 46.6 Å². The number of rotatable bonds is 20. The summed E-state index contributed by atoms with van der Waals surface area (Å²) in [5.74, 6) is 8.28. The van der Waals surface area contributed by atoms with Crippen molar-refractivity contribution < 1.29 is 83.0 Å². The molecule has 0 aliphatic carbocycles. The Balaban J connectivity index is 0.000000126. The molecule has 0 bridgehead atoms. The van der Waals surface area contributed by atoms with Crippen molar-refractivity contribution in [1.29, 1.82) is 0 Å². The fourth-order valence-corrected chi connectivity index (χ4v) is 21.5. The molecule has 776 valence electrons. The zero-order valence-corrected chi connectivity index (χ0v) is 86.3. The highest BCUT2D eigenvalue weighted by atomic mass is 19.1. The third kappa shape index (κ3) is 24.0. The maximum atomic E-state index is 15.1. The molecule has 0 radical (unpaired) electrons. The smallest absolute Gasteiger partial charge is 0.261 e. The number of anilines is 4. The van der Waals surface area contributed by atoms with Gasteiger partial charge in [0.25, 0.3) is 23.6 Å². The summed E-state index contributed by atoms with van der Waals surface area (Å²) < 4.78 is 136. The zero-order chi connectivity index (χ0) is 101. The number of benzene rings is 4. The van der Waals surface area contributed by atoms with Gasteiger partial charge in [-0.05, 0) is 231 Å². The van der Waals surface area contributed by atoms with Crippen LogP contribution >= 0.6 is 0 Å². The molecule has 10 saturated heterocycles. The third-order valence-corrected chi connectivity index (χ3v) is 29.4. The Kier molecular flexibility index (Phi) is 34.1. The van der Waals surface area contributed by atoms with Crippen LogP contribution in [0.3, 0.4) is 0 Å². The molecule has 4 aromatic carbocycles. The van der Waals surface area contributed by atoms with Crippen molar-refractivity contribution in [1.82, 2.24) is 81.8 Å². The van der Waals surface area contributed by atoms with E-state index in [4.69, 9.17) is 85.4 Å². The van der Waals surface area contributed by atoms with Gasteiger partial charge in [-0.25, -0.2) is 37.5 Å². The lowest BCUT2D eigenvalue weighted by Crippen LogP contribution is -2.50. The Labute approximate surface area is 838 Å². The van der Waals surface area contributed by atoms with E-state index in [0.717, 1.165) is 239 Å². The Hall–Kier alpha value is -11.2. The second-order valence-corrected chi connectivity index (χ2v) is 40.3. The molecule has 10 fully saturated rings. The molecule has 144 heavy (non-hydrogen) atoms. The molecule has 34 nitrogen and oxygen atoms in total. The van der Waals surface area contributed by atoms with Crippen LogP contribution in [0.2, 0.25) is 0 Å². The standard InChI is InChI=1S/4C24H30FN5O3.2C5H10O/c4*1-13-9-16(27-17-6-8-32-12-17)5-7-30(13)23-21(24-26-15(3)29-33-24)14(2)19-10-18(31-4)11-20(25)22(19)28-23;2*1-5-2-3-6-4-5/h4*10-11,13,16-17,27H,5-9,12H2,1-4H3;2*5H,2-4H2,1H3/t2*13-,16+,17+;2*13-,16+,17-;2*5-/m101010/s1. The van der Waals surface area contributed by atoms with Gasteiger partial charge in [0.2, 0.25) is 0 Å². The SMILES string of the molecule is COc1cc(F)c2nc(N3CC[C@@H](N[C@@H]4CCOC4)C[C@@H]3C)c(-c3nc(C)no3)c(C)c2c1.COc1cc(F)c2nc(N3CC[C@@H](N[C@H]4CCOC4)C[C@@H]3C)c(-c3nc(C)no3)c(C)c2c1.COc1cc(F)c2nc(N3CC[C@H](N[C@@H]4CCOC4)C[C@H]3C)c(-c3nc(C)no3)c(C)c2c1.COc1cc(F)c2nc(N3CC[C@H](N[C@H]4CCOC4)C[C@H]3C)c(-c3nc(C)no3)c(C)c2c1.C[C@@H]1CCOC1.C[C@H]1CCOC1. The molecule has 8 aromatic heterocycles. The van der Waals surface area contributed by atoms with Gasteiger partial charge in [0, 0.05) is 197 Å². The maximum absolute atomic E-state index is 15.1. The third-order valence-electron chi connectivity index (χ3n) is 29.4. The van der Waals surface area contributed by atoms with E-state index in [-0.39, 0.29) is 24.2 Å². The highest BCUT2D eigenvalue weighted by Crippen LogP contribution is 2.47. The number of methoxy groups -OCH3 is 4. The molecule has 0 amide bonds. The van der Waals surface area contributed by atoms with Crippen molar-refractivity contribution in [3.8, 4) is 68.8 Å². The Morgan fingerprint density at radius 1 is 0.278 bits per heavy atom. The second-order valence-electron chi connectivity index (χ2n) is 40.3. The van der Waals surface area contributed by atoms with Gasteiger partial charge in [0.1, 0.15) is 68.3 Å². The van der Waals surface area contributed by atoms with Crippen LogP contribution in [0.25, 0.3) is 89.4 Å². The van der Waals surface area contributed by atoms with Crippen molar-refractivity contribution in [2.24, 2.45) is 11.8 Å². The van der Waals surface area contributed by atoms with Crippen molar-refractivity contribution in [3.63, 3.8) is 0 Å². The number of ether oxygens (including phenoxy) is 10. The Bertz CT molecular complexity index is 5630. The summed E-state index contributed by atoms with van der Waals surface area (Å²) in [5.41, 5.74) is 7.63. The molecule has 38 heteroatoms. The van der Waals surface area contributed by atoms with E-state index in [1.165, 1.54) is 65.5 Å². The van der Waals surface area contributed by atoms with Crippen LogP contribution in [0, 0.1) is 90.5 Å². The molecule has 12 aromatic rings. The first kappa shape index (κ1) is 104. The number of aryl methyl sites for hydroxylation is 8. The van der Waals surface area contributed by atoms with E-state index in [9.17, 15) is 0 Å². The number of hydrogen-bond donors (Lipinski definition) is 4. The summed E-state index contributed by atoms with van der Waals surface area (Å²) in [7, 11) is 6.10. The van der Waals surface area contributed by atoms with Crippen LogP contribution in [-0.4, -0.2) is 267 Å². The molecule has 4 N–H and O–H groups in total. The van der Waals surface area contributed by atoms with Gasteiger partial charge in [-0.1, -0.05) is 34.5 Å². The predicted molar refractivity (Wildman–Crippen MR) is 542 cm³/mol. The van der Waals surface area contributed by atoms with Crippen molar-refractivity contribution >= 4 is 66.9 Å². The van der Waals surface area contributed by atoms with Crippen molar-refractivity contribution in [3.05, 3.63) is 117 Å². The molecule has 0 unspecified atom stereocenters. The normalized spacial score (nSPS) is 24.3. The number of nitrogens with one attached hydrogen (secondary N) is 4. The molecule has 0 spiro atoms. The summed E-state index contributed by atoms with van der Waals surface area (Å²) in [6, 6.07) is 16.9. The molecule has 18 heterocycles. The average molecular weight is 1990 g/mol. The lowest BCUT2D eigenvalue weighted by atomic mass is 9.95. The first-order valence-corrected chi connectivity index (χ1v) is 51.1. The monoisotopic (exact) mass is 1990 g/mol. The maximum Gasteiger partial charge on any atom is 0.261 e. The fraction of sp³-hybridized carbons (Fsp3) is 0.585. The van der Waals surface area contributed by atoms with E-state index in [2.05, 4.69) is 123 Å². The summed E-state index contributed by atoms with van der Waals surface area (Å²) in [6.07, 6.45) is 14.5. The summed E-state index contributed by atoms with van der Waals surface area (Å²) in [5, 5.41) is 33.6. The van der Waals surface area contributed by atoms with E-state index in [1.54, 1.807) is 52.0 Å². The van der Waals surface area contributed by atoms with Gasteiger partial charge >= 0.3 is 0 Å². The van der Waals surface area contributed by atoms with Crippen LogP contribution in [0.4, 0.5) is 40.8 Å². The second kappa shape index (κ2) is 47.1. The Morgan fingerprint density at radius 2 is 0.493 bits per heavy atom. The van der Waals surface area contributed by atoms with E-state index in [1.807, 2.05) is 27.7 Å². The summed E-state index contributed by atoms with van der Waals surface area (Å²) in [6.45, 7) is 41.7. The number of pyridine rings is 4. The number of piperidine rings is 4. The van der Waals surface area contributed by atoms with Crippen molar-refractivity contribution in [2.75, 3.05) is 154 Å². The van der Waals surface area contributed by atoms with Gasteiger partial charge in [0.05, 0.1) is 77.1 Å². The van der Waals surface area contributed by atoms with Gasteiger partial charge < -0.3 is 106 Å². The minimum absolute atomic E-state index is 0.201. The first-order valence-electron chi connectivity index (χ1n) is 51.1. The van der Waals surface area contributed by atoms with Gasteiger partial charge in [-0.2, -0.15) is 19.9 Å². The highest BCUT2D eigenvalue weighted by Gasteiger charge is 2.40. The average Bonchev–Trinajstić information content (AvgIpc) is 1.35. The molecular formula is C106H140F4N20O14. The molecule has 10 aliphatic heterocycles.